The second-order valence-corrected chi connectivity index (χ2v) is 5.85. The molecule has 2 aromatic rings. The standard InChI is InChI=1S/C19H21NO4/c1-12(2)24-11-14-5-7-15(8-6-14)18(21)20-16-9-4-13(3)17(10-16)19(22)23/h4-10,12H,11H2,1-3H3,(H,20,21)(H,22,23). The van der Waals surface area contributed by atoms with E-state index >= 15 is 0 Å². The van der Waals surface area contributed by atoms with Crippen LogP contribution in [0.1, 0.15) is 45.7 Å². The van der Waals surface area contributed by atoms with Gasteiger partial charge in [0.1, 0.15) is 0 Å². The summed E-state index contributed by atoms with van der Waals surface area (Å²) in [5.41, 5.74) is 2.77. The molecule has 126 valence electrons. The van der Waals surface area contributed by atoms with Crippen molar-refractivity contribution >= 4 is 17.6 Å². The number of hydrogen-bond donors (Lipinski definition) is 2. The van der Waals surface area contributed by atoms with E-state index in [9.17, 15) is 9.59 Å². The molecule has 0 radical (unpaired) electrons. The summed E-state index contributed by atoms with van der Waals surface area (Å²) in [7, 11) is 0. The van der Waals surface area contributed by atoms with Crippen LogP contribution >= 0.6 is 0 Å². The van der Waals surface area contributed by atoms with E-state index in [2.05, 4.69) is 5.32 Å². The molecule has 0 heterocycles. The fourth-order valence-corrected chi connectivity index (χ4v) is 2.15. The van der Waals surface area contributed by atoms with Crippen molar-refractivity contribution < 1.29 is 19.4 Å². The van der Waals surface area contributed by atoms with E-state index in [1.807, 2.05) is 26.0 Å². The van der Waals surface area contributed by atoms with Gasteiger partial charge < -0.3 is 15.2 Å². The number of aryl methyl sites for hydroxylation is 1. The molecule has 0 saturated carbocycles. The molecule has 0 atom stereocenters. The summed E-state index contributed by atoms with van der Waals surface area (Å²) in [6.45, 7) is 6.15. The van der Waals surface area contributed by atoms with Gasteiger partial charge >= 0.3 is 5.97 Å². The number of carbonyl (C=O) groups excluding carboxylic acids is 1. The van der Waals surface area contributed by atoms with Crippen LogP contribution in [0.3, 0.4) is 0 Å². The summed E-state index contributed by atoms with van der Waals surface area (Å²) in [5.74, 6) is -1.30. The number of carbonyl (C=O) groups is 2. The maximum absolute atomic E-state index is 12.3. The third-order valence-corrected chi connectivity index (χ3v) is 3.53. The Labute approximate surface area is 141 Å². The molecule has 0 aliphatic heterocycles. The first kappa shape index (κ1) is 17.7. The molecule has 0 aliphatic rings. The zero-order chi connectivity index (χ0) is 17.7. The molecule has 5 heteroatoms. The largest absolute Gasteiger partial charge is 0.478 e. The van der Waals surface area contributed by atoms with E-state index in [0.29, 0.717) is 23.4 Å². The highest BCUT2D eigenvalue weighted by molar-refractivity contribution is 6.04. The number of rotatable bonds is 6. The Balaban J connectivity index is 2.07. The first-order chi connectivity index (χ1) is 11.4. The van der Waals surface area contributed by atoms with Crippen LogP contribution in [0.4, 0.5) is 5.69 Å². The summed E-state index contributed by atoms with van der Waals surface area (Å²) in [4.78, 5) is 23.4. The fourth-order valence-electron chi connectivity index (χ4n) is 2.15. The smallest absolute Gasteiger partial charge is 0.336 e. The van der Waals surface area contributed by atoms with Crippen LogP contribution in [0, 0.1) is 6.92 Å². The molecule has 24 heavy (non-hydrogen) atoms. The van der Waals surface area contributed by atoms with Crippen molar-refractivity contribution in [2.24, 2.45) is 0 Å². The predicted octanol–water partition coefficient (Wildman–Crippen LogP) is 3.87. The van der Waals surface area contributed by atoms with E-state index < -0.39 is 5.97 Å². The summed E-state index contributed by atoms with van der Waals surface area (Å²) < 4.78 is 5.51. The first-order valence-electron chi connectivity index (χ1n) is 7.72. The molecule has 2 aromatic carbocycles. The van der Waals surface area contributed by atoms with Gasteiger partial charge in [-0.1, -0.05) is 18.2 Å². The number of ether oxygens (including phenoxy) is 1. The molecule has 2 rings (SSSR count). The van der Waals surface area contributed by atoms with Gasteiger partial charge in [0.05, 0.1) is 18.3 Å². The molecule has 0 fully saturated rings. The van der Waals surface area contributed by atoms with Crippen molar-refractivity contribution in [3.63, 3.8) is 0 Å². The van der Waals surface area contributed by atoms with Crippen LogP contribution in [0.5, 0.6) is 0 Å². The van der Waals surface area contributed by atoms with Crippen molar-refractivity contribution in [1.29, 1.82) is 0 Å². The van der Waals surface area contributed by atoms with Gasteiger partial charge in [-0.25, -0.2) is 4.79 Å². The molecule has 0 saturated heterocycles. The lowest BCUT2D eigenvalue weighted by Gasteiger charge is -2.10. The van der Waals surface area contributed by atoms with Gasteiger partial charge in [-0.3, -0.25) is 4.79 Å². The molecular weight excluding hydrogens is 306 g/mol. The van der Waals surface area contributed by atoms with Crippen molar-refractivity contribution in [1.82, 2.24) is 0 Å². The Morgan fingerprint density at radius 2 is 1.79 bits per heavy atom. The van der Waals surface area contributed by atoms with E-state index in [4.69, 9.17) is 9.84 Å². The van der Waals surface area contributed by atoms with Crippen LogP contribution in [-0.4, -0.2) is 23.1 Å². The van der Waals surface area contributed by atoms with E-state index in [0.717, 1.165) is 5.56 Å². The molecular formula is C19H21NO4. The SMILES string of the molecule is Cc1ccc(NC(=O)c2ccc(COC(C)C)cc2)cc1C(=O)O. The number of carboxylic acids is 1. The van der Waals surface area contributed by atoms with Crippen molar-refractivity contribution in [2.75, 3.05) is 5.32 Å². The Morgan fingerprint density at radius 3 is 2.38 bits per heavy atom. The van der Waals surface area contributed by atoms with Crippen LogP contribution < -0.4 is 5.32 Å². The third-order valence-electron chi connectivity index (χ3n) is 3.53. The van der Waals surface area contributed by atoms with Gasteiger partial charge in [0.15, 0.2) is 0 Å². The number of hydrogen-bond acceptors (Lipinski definition) is 3. The second-order valence-electron chi connectivity index (χ2n) is 5.85. The maximum Gasteiger partial charge on any atom is 0.336 e. The number of anilines is 1. The predicted molar refractivity (Wildman–Crippen MR) is 92.5 cm³/mol. The lowest BCUT2D eigenvalue weighted by atomic mass is 10.1. The van der Waals surface area contributed by atoms with Crippen LogP contribution in [-0.2, 0) is 11.3 Å². The number of amides is 1. The molecule has 0 bridgehead atoms. The molecule has 0 aromatic heterocycles. The quantitative estimate of drug-likeness (QED) is 0.844. The minimum absolute atomic E-state index is 0.151. The minimum atomic E-state index is -1.02. The molecule has 0 spiro atoms. The molecule has 2 N–H and O–H groups in total. The average molecular weight is 327 g/mol. The van der Waals surface area contributed by atoms with Crippen molar-refractivity contribution in [3.05, 3.63) is 64.7 Å². The Kier molecular flexibility index (Phi) is 5.71. The molecule has 1 amide bonds. The Bertz CT molecular complexity index is 736. The summed E-state index contributed by atoms with van der Waals surface area (Å²) in [5, 5.41) is 11.9. The van der Waals surface area contributed by atoms with Gasteiger partial charge in [0, 0.05) is 11.3 Å². The fraction of sp³-hybridized carbons (Fsp3) is 0.263. The zero-order valence-corrected chi connectivity index (χ0v) is 14.0. The third kappa shape index (κ3) is 4.67. The molecule has 5 nitrogen and oxygen atoms in total. The minimum Gasteiger partial charge on any atom is -0.478 e. The van der Waals surface area contributed by atoms with Crippen molar-refractivity contribution in [3.8, 4) is 0 Å². The zero-order valence-electron chi connectivity index (χ0n) is 14.0. The highest BCUT2D eigenvalue weighted by Crippen LogP contribution is 2.17. The number of nitrogens with one attached hydrogen (secondary N) is 1. The molecule has 0 unspecified atom stereocenters. The second kappa shape index (κ2) is 7.75. The van der Waals surface area contributed by atoms with Gasteiger partial charge in [-0.2, -0.15) is 0 Å². The average Bonchev–Trinajstić information content (AvgIpc) is 2.54. The van der Waals surface area contributed by atoms with Gasteiger partial charge in [0.2, 0.25) is 0 Å². The lowest BCUT2D eigenvalue weighted by molar-refractivity contribution is 0.0656. The molecule has 0 aliphatic carbocycles. The topological polar surface area (TPSA) is 75.6 Å². The number of aromatic carboxylic acids is 1. The first-order valence-corrected chi connectivity index (χ1v) is 7.72. The van der Waals surface area contributed by atoms with E-state index in [1.54, 1.807) is 31.2 Å². The van der Waals surface area contributed by atoms with Crippen molar-refractivity contribution in [2.45, 2.75) is 33.5 Å². The summed E-state index contributed by atoms with van der Waals surface area (Å²) in [6, 6.07) is 11.9. The number of carboxylic acid groups (broad SMARTS) is 1. The van der Waals surface area contributed by atoms with Gasteiger partial charge in [-0.15, -0.1) is 0 Å². The summed E-state index contributed by atoms with van der Waals surface area (Å²) >= 11 is 0. The Hall–Kier alpha value is -2.66. The number of benzene rings is 2. The van der Waals surface area contributed by atoms with Gasteiger partial charge in [0.25, 0.3) is 5.91 Å². The van der Waals surface area contributed by atoms with Crippen LogP contribution in [0.2, 0.25) is 0 Å². The van der Waals surface area contributed by atoms with Crippen LogP contribution in [0.15, 0.2) is 42.5 Å². The van der Waals surface area contributed by atoms with Gasteiger partial charge in [-0.05, 0) is 56.2 Å². The summed E-state index contributed by atoms with van der Waals surface area (Å²) in [6.07, 6.45) is 0.151. The maximum atomic E-state index is 12.3. The lowest BCUT2D eigenvalue weighted by Crippen LogP contribution is -2.13. The van der Waals surface area contributed by atoms with E-state index in [1.165, 1.54) is 6.07 Å². The highest BCUT2D eigenvalue weighted by atomic mass is 16.5. The van der Waals surface area contributed by atoms with E-state index in [-0.39, 0.29) is 17.6 Å². The monoisotopic (exact) mass is 327 g/mol. The normalized spacial score (nSPS) is 10.7. The highest BCUT2D eigenvalue weighted by Gasteiger charge is 2.11. The van der Waals surface area contributed by atoms with Crippen LogP contribution in [0.25, 0.3) is 0 Å². The Morgan fingerprint density at radius 1 is 1.12 bits per heavy atom.